The molecule has 33 nitrogen and oxygen atoms in total. The first kappa shape index (κ1) is 115. The Morgan fingerprint density at radius 2 is 0.448 bits per heavy atom. The average molecular weight is 1990 g/mol. The third-order valence-electron chi connectivity index (χ3n) is 27.0. The van der Waals surface area contributed by atoms with Crippen LogP contribution >= 0.6 is 0 Å². The molecule has 0 aliphatic carbocycles. The molecule has 145 heavy (non-hydrogen) atoms. The second kappa shape index (κ2) is 60.7. The number of fused-ring (bicyclic) bond motifs is 1. The topological polar surface area (TPSA) is 445 Å². The quantitative estimate of drug-likeness (QED) is 0.0164. The van der Waals surface area contributed by atoms with Crippen molar-refractivity contribution >= 4 is 87.7 Å². The van der Waals surface area contributed by atoms with E-state index in [1.807, 2.05) is 159 Å². The SMILES string of the molecule is C[C@@H](c1ccccc1)N(CC(N)=O)C(=O)CN(CCCCN)C(=O)CN(C(=O)CN(C(=O)CN(CCCCN)C(=O)CN(C(=O)CN(CCCCN)C(=O)CN(CCCCN)C(=O)CN(C(=O)CN(C(=O)CN(CCCCN)C(=O)CN(C(=O)CNCCc1c[nH]c2ccccc12)[C@@H](C)c1ccccc1)[C@@H](C)c1ccccc1)[C@@H](C)c1ccccc1)[C@@H](C)c1ccccc1)[C@@H](C)c1ccccc1)[C@@H](C)c1ccccc1. The summed E-state index contributed by atoms with van der Waals surface area (Å²) in [5.41, 5.74) is 43.0. The minimum atomic E-state index is -0.855. The minimum Gasteiger partial charge on any atom is -0.368 e. The molecule has 0 saturated carbocycles. The molecule has 13 amide bonds. The van der Waals surface area contributed by atoms with E-state index < -0.39 is 192 Å². The zero-order valence-corrected chi connectivity index (χ0v) is 85.5. The number of rotatable bonds is 63. The zero-order valence-electron chi connectivity index (χ0n) is 85.5. The maximum atomic E-state index is 16.0. The number of nitrogens with one attached hydrogen (secondary N) is 2. The van der Waals surface area contributed by atoms with Gasteiger partial charge >= 0.3 is 0 Å². The van der Waals surface area contributed by atoms with Gasteiger partial charge in [-0.15, -0.1) is 0 Å². The third kappa shape index (κ3) is 35.3. The summed E-state index contributed by atoms with van der Waals surface area (Å²) in [5.74, 6) is -8.02. The lowest BCUT2D eigenvalue weighted by atomic mass is 10.1. The molecule has 0 spiro atoms. The predicted octanol–water partition coefficient (Wildman–Crippen LogP) is 9.75. The maximum Gasteiger partial charge on any atom is 0.243 e. The summed E-state index contributed by atoms with van der Waals surface area (Å²) in [7, 11) is 0. The van der Waals surface area contributed by atoms with E-state index in [-0.39, 0.29) is 71.4 Å². The summed E-state index contributed by atoms with van der Waals surface area (Å²) in [6, 6.07) is 66.2. The molecule has 9 aromatic rings. The Labute approximate surface area is 854 Å². The number of nitrogens with zero attached hydrogens (tertiary/aromatic N) is 12. The molecule has 0 fully saturated rings. The van der Waals surface area contributed by atoms with Gasteiger partial charge in [-0.2, -0.15) is 0 Å². The molecular formula is C112H152N20O13. The monoisotopic (exact) mass is 1990 g/mol. The molecule has 9 rings (SSSR count). The number of primary amides is 1. The number of hydrogen-bond donors (Lipinski definition) is 8. The number of carbonyl (C=O) groups is 13. The fourth-order valence-electron chi connectivity index (χ4n) is 17.9. The number of hydrogen-bond acceptors (Lipinski definition) is 19. The average Bonchev–Trinajstić information content (AvgIpc) is 1.55. The Hall–Kier alpha value is -13.8. The lowest BCUT2D eigenvalue weighted by molar-refractivity contribution is -0.151. The summed E-state index contributed by atoms with van der Waals surface area (Å²) in [6.07, 6.45) is 6.59. The number of aromatic amines is 1. The molecule has 14 N–H and O–H groups in total. The van der Waals surface area contributed by atoms with Crippen LogP contribution in [0.3, 0.4) is 0 Å². The molecule has 0 aliphatic rings. The van der Waals surface area contributed by atoms with Crippen molar-refractivity contribution in [1.29, 1.82) is 0 Å². The van der Waals surface area contributed by atoms with E-state index in [1.165, 1.54) is 58.8 Å². The number of H-pyrrole nitrogens is 1. The number of nitrogens with two attached hydrogens (primary N) is 6. The van der Waals surface area contributed by atoms with Crippen molar-refractivity contribution in [1.82, 2.24) is 69.1 Å². The number of unbranched alkanes of at least 4 members (excludes halogenated alkanes) is 5. The Morgan fingerprint density at radius 1 is 0.248 bits per heavy atom. The Balaban J connectivity index is 0.987. The van der Waals surface area contributed by atoms with Crippen molar-refractivity contribution in [3.05, 3.63) is 287 Å². The van der Waals surface area contributed by atoms with Crippen LogP contribution in [0.5, 0.6) is 0 Å². The fraction of sp³-hybridized carbons (Fsp3) is 0.438. The van der Waals surface area contributed by atoms with E-state index in [4.69, 9.17) is 34.4 Å². The van der Waals surface area contributed by atoms with Gasteiger partial charge < -0.3 is 104 Å². The number of benzene rings is 8. The molecule has 33 heteroatoms. The van der Waals surface area contributed by atoms with E-state index in [9.17, 15) is 14.4 Å². The highest BCUT2D eigenvalue weighted by Crippen LogP contribution is 2.31. The number of carbonyl (C=O) groups excluding carboxylic acids is 13. The molecule has 0 saturated heterocycles. The van der Waals surface area contributed by atoms with Crippen LogP contribution in [-0.4, -0.2) is 298 Å². The zero-order chi connectivity index (χ0) is 105. The maximum absolute atomic E-state index is 16.0. The molecule has 0 bridgehead atoms. The van der Waals surface area contributed by atoms with Gasteiger partial charge in [0.15, 0.2) is 0 Å². The standard InChI is InChI=1S/C112H152N20O13/c1-83(90-41-15-8-16-42-90)126(71-100(118)133)107(140)73-123(66-38-33-60-115)106(139)80-130(87(5)94-49-23-12-24-50-94)112(145)82-132(89(7)96-53-27-14-28-54-96)110(143)76-125(68-40-35-62-117)105(138)78-128(85(3)92-45-19-10-20-46-92)108(141)74-122(65-37-32-59-114)102(135)72-121(64-36-31-58-113)104(137)79-129(86(4)93-47-21-11-22-48-93)111(144)81-131(88(6)95-51-25-13-26-52-95)109(142)75-124(67-39-34-61-116)103(136)77-127(84(2)91-43-17-9-18-44-91)101(134)70-119-63-57-97-69-120-99-56-30-29-55-98(97)99/h8-30,41-56,69,83-89,119-120H,31-40,57-68,70-82,113-117H2,1-7H3,(H2,118,133)/t83-,84-,85-,86-,87-,88-,89-/m0/s1. The molecule has 778 valence electrons. The van der Waals surface area contributed by atoms with Gasteiger partial charge in [-0.3, -0.25) is 62.3 Å². The van der Waals surface area contributed by atoms with Crippen molar-refractivity contribution in [2.75, 3.05) is 157 Å². The van der Waals surface area contributed by atoms with Crippen LogP contribution in [0.4, 0.5) is 0 Å². The largest absolute Gasteiger partial charge is 0.368 e. The first-order chi connectivity index (χ1) is 70.0. The number of aromatic nitrogens is 1. The Bertz CT molecular complexity index is 5550. The van der Waals surface area contributed by atoms with E-state index in [0.29, 0.717) is 112 Å². The van der Waals surface area contributed by atoms with Crippen molar-refractivity contribution < 1.29 is 62.3 Å². The van der Waals surface area contributed by atoms with E-state index in [1.54, 1.807) is 133 Å². The van der Waals surface area contributed by atoms with Gasteiger partial charge in [0.2, 0.25) is 76.8 Å². The first-order valence-electron chi connectivity index (χ1n) is 50.8. The van der Waals surface area contributed by atoms with Gasteiger partial charge in [0, 0.05) is 49.8 Å². The van der Waals surface area contributed by atoms with Crippen LogP contribution in [0.25, 0.3) is 10.9 Å². The normalized spacial score (nSPS) is 12.6. The third-order valence-corrected chi connectivity index (χ3v) is 27.0. The van der Waals surface area contributed by atoms with Crippen LogP contribution in [0.15, 0.2) is 243 Å². The summed E-state index contributed by atoms with van der Waals surface area (Å²) < 4.78 is 0. The molecule has 7 atom stereocenters. The second-order valence-electron chi connectivity index (χ2n) is 37.1. The summed E-state index contributed by atoms with van der Waals surface area (Å²) in [6.45, 7) is 7.47. The van der Waals surface area contributed by atoms with Crippen molar-refractivity contribution in [3.63, 3.8) is 0 Å². The molecule has 0 unspecified atom stereocenters. The summed E-state index contributed by atoms with van der Waals surface area (Å²) in [5, 5.41) is 4.39. The van der Waals surface area contributed by atoms with Crippen LogP contribution in [0, 0.1) is 0 Å². The van der Waals surface area contributed by atoms with Gasteiger partial charge in [-0.1, -0.05) is 231 Å². The number of para-hydroxylation sites is 1. The van der Waals surface area contributed by atoms with Gasteiger partial charge in [0.05, 0.1) is 88.1 Å². The van der Waals surface area contributed by atoms with E-state index in [2.05, 4.69) is 10.3 Å². The predicted molar refractivity (Wildman–Crippen MR) is 564 cm³/mol. The second-order valence-corrected chi connectivity index (χ2v) is 37.1. The first-order valence-corrected chi connectivity index (χ1v) is 50.8. The highest BCUT2D eigenvalue weighted by Gasteiger charge is 2.39. The van der Waals surface area contributed by atoms with Crippen LogP contribution in [0.1, 0.15) is 199 Å². The van der Waals surface area contributed by atoms with E-state index >= 15 is 47.9 Å². The van der Waals surface area contributed by atoms with Crippen LogP contribution < -0.4 is 39.7 Å². The Morgan fingerprint density at radius 3 is 0.690 bits per heavy atom. The van der Waals surface area contributed by atoms with Gasteiger partial charge in [-0.25, -0.2) is 0 Å². The fourth-order valence-corrected chi connectivity index (χ4v) is 17.9. The van der Waals surface area contributed by atoms with Crippen molar-refractivity contribution in [2.24, 2.45) is 34.4 Å². The Kier molecular flexibility index (Phi) is 48.0. The van der Waals surface area contributed by atoms with Crippen molar-refractivity contribution in [2.45, 2.75) is 161 Å². The van der Waals surface area contributed by atoms with Crippen LogP contribution in [-0.2, 0) is 68.7 Å². The van der Waals surface area contributed by atoms with Gasteiger partial charge in [-0.05, 0) is 209 Å². The molecule has 8 aromatic carbocycles. The summed E-state index contributed by atoms with van der Waals surface area (Å²) >= 11 is 0. The van der Waals surface area contributed by atoms with Gasteiger partial charge in [0.1, 0.15) is 39.3 Å². The minimum absolute atomic E-state index is 0.0213. The van der Waals surface area contributed by atoms with Gasteiger partial charge in [0.25, 0.3) is 0 Å². The van der Waals surface area contributed by atoms with Crippen molar-refractivity contribution in [3.8, 4) is 0 Å². The molecule has 1 heterocycles. The number of amides is 13. The molecule has 0 radical (unpaired) electrons. The van der Waals surface area contributed by atoms with Crippen LogP contribution in [0.2, 0.25) is 0 Å². The smallest absolute Gasteiger partial charge is 0.243 e. The lowest BCUT2D eigenvalue weighted by Crippen LogP contribution is -2.54. The van der Waals surface area contributed by atoms with E-state index in [0.717, 1.165) is 27.6 Å². The molecule has 0 aliphatic heterocycles. The highest BCUT2D eigenvalue weighted by atomic mass is 16.2. The molecular weight excluding hydrogens is 1830 g/mol. The highest BCUT2D eigenvalue weighted by molar-refractivity contribution is 5.96. The lowest BCUT2D eigenvalue weighted by Gasteiger charge is -2.37. The molecule has 1 aromatic heterocycles. The summed E-state index contributed by atoms with van der Waals surface area (Å²) in [4.78, 5) is 219.